The molecule has 168 valence electrons. The van der Waals surface area contributed by atoms with Gasteiger partial charge in [-0.05, 0) is 62.8 Å². The Labute approximate surface area is 184 Å². The topological polar surface area (TPSA) is 110 Å². The number of aromatic nitrogens is 3. The van der Waals surface area contributed by atoms with Gasteiger partial charge in [0.05, 0.1) is 7.11 Å². The molecule has 2 aliphatic carbocycles. The standard InChI is InChI=1S/C23H35N7O/c1-31-20-14-12-19(13-15-20)27-23-29-21(25-17-6-4-2-3-5-7-17)28-22(30-23)26-18-10-8-16(24)9-11-18/h12-18H,2-11,24H2,1H3,(H3,25,26,27,28,29,30). The van der Waals surface area contributed by atoms with Crippen molar-refractivity contribution in [2.24, 2.45) is 5.73 Å². The summed E-state index contributed by atoms with van der Waals surface area (Å²) in [5.41, 5.74) is 6.97. The molecule has 0 aliphatic heterocycles. The smallest absolute Gasteiger partial charge is 0.233 e. The van der Waals surface area contributed by atoms with Crippen molar-refractivity contribution in [2.75, 3.05) is 23.1 Å². The second kappa shape index (κ2) is 10.6. The number of nitrogens with one attached hydrogen (secondary N) is 3. The first-order chi connectivity index (χ1) is 15.2. The molecule has 1 aromatic carbocycles. The maximum absolute atomic E-state index is 6.06. The van der Waals surface area contributed by atoms with Gasteiger partial charge >= 0.3 is 0 Å². The van der Waals surface area contributed by atoms with Crippen LogP contribution in [0.1, 0.15) is 64.2 Å². The summed E-state index contributed by atoms with van der Waals surface area (Å²) in [4.78, 5) is 14.0. The average molecular weight is 426 g/mol. The van der Waals surface area contributed by atoms with E-state index in [0.29, 0.717) is 36.0 Å². The van der Waals surface area contributed by atoms with E-state index in [2.05, 4.69) is 25.9 Å². The van der Waals surface area contributed by atoms with Crippen molar-refractivity contribution >= 4 is 23.5 Å². The van der Waals surface area contributed by atoms with E-state index in [0.717, 1.165) is 50.0 Å². The molecular formula is C23H35N7O. The van der Waals surface area contributed by atoms with Gasteiger partial charge in [0.15, 0.2) is 0 Å². The molecule has 0 saturated heterocycles. The normalized spacial score (nSPS) is 22.4. The number of rotatable bonds is 7. The molecule has 0 spiro atoms. The van der Waals surface area contributed by atoms with E-state index in [1.807, 2.05) is 24.3 Å². The van der Waals surface area contributed by atoms with Crippen LogP contribution in [0.25, 0.3) is 0 Å². The molecule has 0 radical (unpaired) electrons. The Morgan fingerprint density at radius 3 is 1.87 bits per heavy atom. The molecule has 8 nitrogen and oxygen atoms in total. The van der Waals surface area contributed by atoms with Crippen LogP contribution in [-0.2, 0) is 0 Å². The van der Waals surface area contributed by atoms with Crippen LogP contribution in [0.4, 0.5) is 23.5 Å². The number of ether oxygens (including phenoxy) is 1. The summed E-state index contributed by atoms with van der Waals surface area (Å²) in [5.74, 6) is 2.59. The second-order valence-electron chi connectivity index (χ2n) is 8.75. The third kappa shape index (κ3) is 6.43. The molecule has 1 aromatic heterocycles. The first kappa shape index (κ1) is 21.6. The highest BCUT2D eigenvalue weighted by atomic mass is 16.5. The second-order valence-corrected chi connectivity index (χ2v) is 8.75. The Bertz CT molecular complexity index is 813. The molecule has 0 atom stereocenters. The molecule has 2 aliphatic rings. The largest absolute Gasteiger partial charge is 0.497 e. The third-order valence-corrected chi connectivity index (χ3v) is 6.28. The zero-order valence-corrected chi connectivity index (χ0v) is 18.4. The maximum atomic E-state index is 6.06. The highest BCUT2D eigenvalue weighted by Gasteiger charge is 2.20. The summed E-state index contributed by atoms with van der Waals surface area (Å²) >= 11 is 0. The zero-order valence-electron chi connectivity index (χ0n) is 18.4. The van der Waals surface area contributed by atoms with Crippen molar-refractivity contribution in [3.8, 4) is 5.75 Å². The Morgan fingerprint density at radius 2 is 1.29 bits per heavy atom. The number of nitrogens with two attached hydrogens (primary N) is 1. The monoisotopic (exact) mass is 425 g/mol. The summed E-state index contributed by atoms with van der Waals surface area (Å²) in [7, 11) is 1.66. The zero-order chi connectivity index (χ0) is 21.5. The molecule has 31 heavy (non-hydrogen) atoms. The van der Waals surface area contributed by atoms with Crippen LogP contribution >= 0.6 is 0 Å². The maximum Gasteiger partial charge on any atom is 0.233 e. The number of hydrogen-bond donors (Lipinski definition) is 4. The summed E-state index contributed by atoms with van der Waals surface area (Å²) in [6.07, 6.45) is 11.6. The summed E-state index contributed by atoms with van der Waals surface area (Å²) < 4.78 is 5.25. The van der Waals surface area contributed by atoms with Crippen LogP contribution in [-0.4, -0.2) is 40.2 Å². The molecule has 5 N–H and O–H groups in total. The minimum absolute atomic E-state index is 0.316. The molecule has 2 aromatic rings. The number of benzene rings is 1. The molecule has 2 saturated carbocycles. The van der Waals surface area contributed by atoms with Crippen molar-refractivity contribution in [3.05, 3.63) is 24.3 Å². The fraction of sp³-hybridized carbons (Fsp3) is 0.609. The van der Waals surface area contributed by atoms with Gasteiger partial charge < -0.3 is 26.4 Å². The van der Waals surface area contributed by atoms with Crippen LogP contribution in [0.15, 0.2) is 24.3 Å². The molecule has 0 bridgehead atoms. The van der Waals surface area contributed by atoms with Gasteiger partial charge in [-0.2, -0.15) is 15.0 Å². The summed E-state index contributed by atoms with van der Waals surface area (Å²) in [5, 5.41) is 10.4. The van der Waals surface area contributed by atoms with Crippen molar-refractivity contribution in [1.82, 2.24) is 15.0 Å². The summed E-state index contributed by atoms with van der Waals surface area (Å²) in [6, 6.07) is 8.82. The summed E-state index contributed by atoms with van der Waals surface area (Å²) in [6.45, 7) is 0. The number of methoxy groups -OCH3 is 1. The first-order valence-corrected chi connectivity index (χ1v) is 11.6. The molecule has 1 heterocycles. The van der Waals surface area contributed by atoms with Crippen LogP contribution in [0.3, 0.4) is 0 Å². The van der Waals surface area contributed by atoms with E-state index < -0.39 is 0 Å². The minimum atomic E-state index is 0.316. The fourth-order valence-corrected chi connectivity index (χ4v) is 4.42. The number of nitrogens with zero attached hydrogens (tertiary/aromatic N) is 3. The highest BCUT2D eigenvalue weighted by Crippen LogP contribution is 2.24. The molecule has 0 amide bonds. The van der Waals surface area contributed by atoms with Gasteiger partial charge in [0.1, 0.15) is 5.75 Å². The molecule has 4 rings (SSSR count). The van der Waals surface area contributed by atoms with E-state index in [9.17, 15) is 0 Å². The van der Waals surface area contributed by atoms with Gasteiger partial charge in [-0.3, -0.25) is 0 Å². The van der Waals surface area contributed by atoms with Gasteiger partial charge in [0.25, 0.3) is 0 Å². The first-order valence-electron chi connectivity index (χ1n) is 11.6. The average Bonchev–Trinajstić information content (AvgIpc) is 3.04. The van der Waals surface area contributed by atoms with Crippen LogP contribution in [0.2, 0.25) is 0 Å². The van der Waals surface area contributed by atoms with E-state index in [-0.39, 0.29) is 0 Å². The van der Waals surface area contributed by atoms with Gasteiger partial charge in [-0.15, -0.1) is 0 Å². The van der Waals surface area contributed by atoms with Crippen LogP contribution in [0.5, 0.6) is 5.75 Å². The molecular weight excluding hydrogens is 390 g/mol. The lowest BCUT2D eigenvalue weighted by molar-refractivity contribution is 0.410. The Hall–Kier alpha value is -2.61. The predicted octanol–water partition coefficient (Wildman–Crippen LogP) is 4.44. The van der Waals surface area contributed by atoms with Crippen molar-refractivity contribution < 1.29 is 4.74 Å². The SMILES string of the molecule is COc1ccc(Nc2nc(NC3CCCCCC3)nc(NC3CCC(N)CC3)n2)cc1. The quantitative estimate of drug-likeness (QED) is 0.482. The van der Waals surface area contributed by atoms with E-state index in [1.54, 1.807) is 7.11 Å². The Morgan fingerprint density at radius 1 is 0.742 bits per heavy atom. The van der Waals surface area contributed by atoms with E-state index >= 15 is 0 Å². The van der Waals surface area contributed by atoms with Crippen molar-refractivity contribution in [3.63, 3.8) is 0 Å². The molecule has 0 unspecified atom stereocenters. The van der Waals surface area contributed by atoms with Crippen molar-refractivity contribution in [2.45, 2.75) is 82.3 Å². The third-order valence-electron chi connectivity index (χ3n) is 6.28. The highest BCUT2D eigenvalue weighted by molar-refractivity contribution is 5.56. The lowest BCUT2D eigenvalue weighted by Crippen LogP contribution is -2.33. The molecule has 8 heteroatoms. The van der Waals surface area contributed by atoms with Crippen LogP contribution < -0.4 is 26.4 Å². The lowest BCUT2D eigenvalue weighted by Gasteiger charge is -2.27. The molecule has 2 fully saturated rings. The van der Waals surface area contributed by atoms with Gasteiger partial charge in [0, 0.05) is 23.8 Å². The fourth-order valence-electron chi connectivity index (χ4n) is 4.42. The van der Waals surface area contributed by atoms with Crippen LogP contribution in [0, 0.1) is 0 Å². The van der Waals surface area contributed by atoms with E-state index in [1.165, 1.54) is 25.7 Å². The number of hydrogen-bond acceptors (Lipinski definition) is 8. The number of anilines is 4. The lowest BCUT2D eigenvalue weighted by atomic mass is 9.92. The Balaban J connectivity index is 1.51. The predicted molar refractivity (Wildman–Crippen MR) is 125 cm³/mol. The van der Waals surface area contributed by atoms with Gasteiger partial charge in [-0.25, -0.2) is 0 Å². The Kier molecular flexibility index (Phi) is 7.40. The van der Waals surface area contributed by atoms with Gasteiger partial charge in [-0.1, -0.05) is 25.7 Å². The van der Waals surface area contributed by atoms with E-state index in [4.69, 9.17) is 15.5 Å². The minimum Gasteiger partial charge on any atom is -0.497 e. The van der Waals surface area contributed by atoms with Crippen molar-refractivity contribution in [1.29, 1.82) is 0 Å². The van der Waals surface area contributed by atoms with Gasteiger partial charge in [0.2, 0.25) is 17.8 Å².